The Balaban J connectivity index is 2.44. The molecule has 1 aromatic rings. The number of hydrogen-bond acceptors (Lipinski definition) is 6. The Hall–Kier alpha value is -0.330. The van der Waals surface area contributed by atoms with Gasteiger partial charge in [0.2, 0.25) is 0 Å². The number of nitrogens with two attached hydrogens (primary N) is 1. The van der Waals surface area contributed by atoms with Gasteiger partial charge >= 0.3 is 0 Å². The number of rotatable bonds is 5. The van der Waals surface area contributed by atoms with Crippen molar-refractivity contribution in [3.63, 3.8) is 0 Å². The first-order valence-corrected chi connectivity index (χ1v) is 5.99. The van der Waals surface area contributed by atoms with Crippen LogP contribution in [0.2, 0.25) is 0 Å². The first-order chi connectivity index (χ1) is 6.27. The van der Waals surface area contributed by atoms with E-state index >= 15 is 0 Å². The van der Waals surface area contributed by atoms with E-state index in [4.69, 9.17) is 5.84 Å². The summed E-state index contributed by atoms with van der Waals surface area (Å²) in [6.07, 6.45) is 1.17. The average Bonchev–Trinajstić information content (AvgIpc) is 2.61. The van der Waals surface area contributed by atoms with Crippen LogP contribution in [0.1, 0.15) is 26.0 Å². The van der Waals surface area contributed by atoms with Crippen LogP contribution in [0.15, 0.2) is 0 Å². The SMILES string of the molecule is CCC(C)SCc1nnsc1NN. The molecule has 13 heavy (non-hydrogen) atoms. The fourth-order valence-corrected chi connectivity index (χ4v) is 2.22. The van der Waals surface area contributed by atoms with Crippen LogP contribution >= 0.6 is 23.3 Å². The van der Waals surface area contributed by atoms with E-state index in [0.29, 0.717) is 5.25 Å². The maximum absolute atomic E-state index is 5.31. The Labute approximate surface area is 86.4 Å². The lowest BCUT2D eigenvalue weighted by molar-refractivity contribution is 0.903. The summed E-state index contributed by atoms with van der Waals surface area (Å²) in [4.78, 5) is 0. The minimum Gasteiger partial charge on any atom is -0.313 e. The predicted molar refractivity (Wildman–Crippen MR) is 58.8 cm³/mol. The van der Waals surface area contributed by atoms with Crippen molar-refractivity contribution >= 4 is 28.3 Å². The van der Waals surface area contributed by atoms with Gasteiger partial charge in [-0.05, 0) is 6.42 Å². The van der Waals surface area contributed by atoms with Crippen LogP contribution in [-0.2, 0) is 5.75 Å². The predicted octanol–water partition coefficient (Wildman–Crippen LogP) is 1.86. The molecule has 0 aliphatic rings. The molecule has 1 unspecified atom stereocenters. The molecule has 0 aromatic carbocycles. The maximum Gasteiger partial charge on any atom is 0.148 e. The van der Waals surface area contributed by atoms with E-state index in [1.54, 1.807) is 0 Å². The van der Waals surface area contributed by atoms with Gasteiger partial charge in [-0.3, -0.25) is 0 Å². The van der Waals surface area contributed by atoms with Crippen molar-refractivity contribution in [1.82, 2.24) is 9.59 Å². The molecule has 0 radical (unpaired) electrons. The van der Waals surface area contributed by atoms with E-state index in [-0.39, 0.29) is 0 Å². The lowest BCUT2D eigenvalue weighted by Gasteiger charge is -2.06. The van der Waals surface area contributed by atoms with Crippen molar-refractivity contribution in [2.75, 3.05) is 5.43 Å². The third kappa shape index (κ3) is 3.13. The third-order valence-corrected chi connectivity index (χ3v) is 3.81. The zero-order valence-electron chi connectivity index (χ0n) is 7.78. The number of anilines is 1. The summed E-state index contributed by atoms with van der Waals surface area (Å²) in [5.41, 5.74) is 3.55. The molecule has 6 heteroatoms. The monoisotopic (exact) mass is 218 g/mol. The van der Waals surface area contributed by atoms with Crippen molar-refractivity contribution < 1.29 is 0 Å². The smallest absolute Gasteiger partial charge is 0.148 e. The first-order valence-electron chi connectivity index (χ1n) is 4.17. The summed E-state index contributed by atoms with van der Waals surface area (Å²) < 4.78 is 3.83. The fraction of sp³-hybridized carbons (Fsp3) is 0.714. The summed E-state index contributed by atoms with van der Waals surface area (Å²) in [6.45, 7) is 4.39. The van der Waals surface area contributed by atoms with E-state index in [2.05, 4.69) is 28.9 Å². The second-order valence-electron chi connectivity index (χ2n) is 2.72. The van der Waals surface area contributed by atoms with Gasteiger partial charge < -0.3 is 5.43 Å². The van der Waals surface area contributed by atoms with Crippen LogP contribution in [0.3, 0.4) is 0 Å². The summed E-state index contributed by atoms with van der Waals surface area (Å²) in [7, 11) is 0. The molecule has 1 heterocycles. The first kappa shape index (κ1) is 10.7. The van der Waals surface area contributed by atoms with E-state index in [0.717, 1.165) is 16.4 Å². The molecule has 0 spiro atoms. The Kier molecular flexibility index (Phi) is 4.47. The molecule has 0 bridgehead atoms. The van der Waals surface area contributed by atoms with E-state index < -0.39 is 0 Å². The van der Waals surface area contributed by atoms with Crippen molar-refractivity contribution in [1.29, 1.82) is 0 Å². The molecule has 0 saturated heterocycles. The van der Waals surface area contributed by atoms with Crippen molar-refractivity contribution in [2.45, 2.75) is 31.3 Å². The highest BCUT2D eigenvalue weighted by Crippen LogP contribution is 2.24. The minimum atomic E-state index is 0.660. The van der Waals surface area contributed by atoms with Gasteiger partial charge in [-0.2, -0.15) is 11.8 Å². The van der Waals surface area contributed by atoms with Crippen LogP contribution in [-0.4, -0.2) is 14.8 Å². The van der Waals surface area contributed by atoms with E-state index in [1.165, 1.54) is 18.0 Å². The number of nitrogens with zero attached hydrogens (tertiary/aromatic N) is 2. The average molecular weight is 218 g/mol. The number of nitrogen functional groups attached to an aromatic ring is 1. The van der Waals surface area contributed by atoms with Crippen molar-refractivity contribution in [2.24, 2.45) is 5.84 Å². The Morgan fingerprint density at radius 3 is 3.08 bits per heavy atom. The van der Waals surface area contributed by atoms with E-state index in [9.17, 15) is 0 Å². The molecular weight excluding hydrogens is 204 g/mol. The van der Waals surface area contributed by atoms with Gasteiger partial charge in [-0.15, -0.1) is 5.10 Å². The number of hydrogen-bond donors (Lipinski definition) is 2. The Morgan fingerprint density at radius 1 is 1.69 bits per heavy atom. The summed E-state index contributed by atoms with van der Waals surface area (Å²) in [6, 6.07) is 0. The van der Waals surface area contributed by atoms with E-state index in [1.807, 2.05) is 11.8 Å². The molecule has 1 atom stereocenters. The molecule has 0 amide bonds. The molecule has 0 aliphatic heterocycles. The van der Waals surface area contributed by atoms with Gasteiger partial charge in [-0.25, -0.2) is 5.84 Å². The number of thioether (sulfide) groups is 1. The molecule has 3 N–H and O–H groups in total. The second-order valence-corrected chi connectivity index (χ2v) is 4.90. The number of aromatic nitrogens is 2. The Bertz CT molecular complexity index is 250. The molecule has 74 valence electrons. The Morgan fingerprint density at radius 2 is 2.46 bits per heavy atom. The van der Waals surface area contributed by atoms with Crippen molar-refractivity contribution in [3.8, 4) is 0 Å². The normalized spacial score (nSPS) is 12.8. The molecule has 0 saturated carbocycles. The number of hydrazine groups is 1. The van der Waals surface area contributed by atoms with Crippen LogP contribution in [0.4, 0.5) is 5.00 Å². The lowest BCUT2D eigenvalue weighted by atomic mass is 10.4. The summed E-state index contributed by atoms with van der Waals surface area (Å²) >= 11 is 3.17. The zero-order chi connectivity index (χ0) is 9.68. The highest BCUT2D eigenvalue weighted by molar-refractivity contribution is 7.99. The van der Waals surface area contributed by atoms with Gasteiger partial charge in [0.1, 0.15) is 10.7 Å². The zero-order valence-corrected chi connectivity index (χ0v) is 9.41. The lowest BCUT2D eigenvalue weighted by Crippen LogP contribution is -2.07. The standard InChI is InChI=1S/C7H14N4S2/c1-3-5(2)12-4-6-7(9-8)13-11-10-6/h5,9H,3-4,8H2,1-2H3. The summed E-state index contributed by atoms with van der Waals surface area (Å²) in [5, 5.41) is 5.53. The fourth-order valence-electron chi connectivity index (χ4n) is 0.752. The topological polar surface area (TPSA) is 63.8 Å². The van der Waals surface area contributed by atoms with Crippen LogP contribution in [0.25, 0.3) is 0 Å². The van der Waals surface area contributed by atoms with Crippen LogP contribution in [0.5, 0.6) is 0 Å². The molecule has 4 nitrogen and oxygen atoms in total. The molecule has 0 fully saturated rings. The highest BCUT2D eigenvalue weighted by atomic mass is 32.2. The highest BCUT2D eigenvalue weighted by Gasteiger charge is 2.08. The minimum absolute atomic E-state index is 0.660. The molecule has 0 aliphatic carbocycles. The number of nitrogens with one attached hydrogen (secondary N) is 1. The van der Waals surface area contributed by atoms with Crippen LogP contribution in [0, 0.1) is 0 Å². The largest absolute Gasteiger partial charge is 0.313 e. The second kappa shape index (κ2) is 5.41. The maximum atomic E-state index is 5.31. The third-order valence-electron chi connectivity index (χ3n) is 1.77. The molecular formula is C7H14N4S2. The molecule has 1 aromatic heterocycles. The van der Waals surface area contributed by atoms with Gasteiger partial charge in [0, 0.05) is 22.5 Å². The van der Waals surface area contributed by atoms with Gasteiger partial charge in [-0.1, -0.05) is 18.3 Å². The summed E-state index contributed by atoms with van der Waals surface area (Å²) in [5.74, 6) is 6.19. The molecule has 1 rings (SSSR count). The van der Waals surface area contributed by atoms with Gasteiger partial charge in [0.15, 0.2) is 0 Å². The van der Waals surface area contributed by atoms with Crippen molar-refractivity contribution in [3.05, 3.63) is 5.69 Å². The van der Waals surface area contributed by atoms with Gasteiger partial charge in [0.05, 0.1) is 0 Å². The quantitative estimate of drug-likeness (QED) is 0.583. The van der Waals surface area contributed by atoms with Crippen LogP contribution < -0.4 is 11.3 Å². The van der Waals surface area contributed by atoms with Gasteiger partial charge in [0.25, 0.3) is 0 Å².